The summed E-state index contributed by atoms with van der Waals surface area (Å²) in [6, 6.07) is 6.10. The number of rotatable bonds is 5. The maximum atomic E-state index is 13.9. The molecule has 0 aromatic heterocycles. The number of ether oxygens (including phenoxy) is 2. The van der Waals surface area contributed by atoms with Crippen molar-refractivity contribution in [3.05, 3.63) is 41.7 Å². The molecular formula is C15H14F3NO6S. The third-order valence-electron chi connectivity index (χ3n) is 3.52. The fraction of sp³-hybridized carbons (Fsp3) is 0.333. The Labute approximate surface area is 146 Å². The van der Waals surface area contributed by atoms with Crippen molar-refractivity contribution in [1.82, 2.24) is 4.72 Å². The van der Waals surface area contributed by atoms with Crippen LogP contribution in [0.2, 0.25) is 0 Å². The van der Waals surface area contributed by atoms with Gasteiger partial charge in [0.25, 0.3) is 5.54 Å². The lowest BCUT2D eigenvalue weighted by atomic mass is 9.91. The number of carbonyl (C=O) groups excluding carboxylic acids is 2. The van der Waals surface area contributed by atoms with Crippen LogP contribution in [0.1, 0.15) is 13.8 Å². The van der Waals surface area contributed by atoms with Crippen molar-refractivity contribution in [3.8, 4) is 0 Å². The van der Waals surface area contributed by atoms with Crippen molar-refractivity contribution in [3.63, 3.8) is 0 Å². The highest BCUT2D eigenvalue weighted by Gasteiger charge is 2.71. The highest BCUT2D eigenvalue weighted by molar-refractivity contribution is 7.89. The molecule has 142 valence electrons. The van der Waals surface area contributed by atoms with Crippen molar-refractivity contribution in [2.24, 2.45) is 0 Å². The number of hydrogen-bond donors (Lipinski definition) is 1. The summed E-state index contributed by atoms with van der Waals surface area (Å²) in [5.41, 5.74) is -5.16. The lowest BCUT2D eigenvalue weighted by Gasteiger charge is -2.30. The van der Waals surface area contributed by atoms with Crippen LogP contribution in [0.5, 0.6) is 0 Å². The average Bonchev–Trinajstić information content (AvgIpc) is 2.79. The molecule has 1 aromatic rings. The molecule has 0 aliphatic carbocycles. The molecule has 1 aliphatic heterocycles. The molecule has 1 N–H and O–H groups in total. The number of sulfonamides is 1. The number of esters is 2. The van der Waals surface area contributed by atoms with E-state index in [-0.39, 0.29) is 6.61 Å². The van der Waals surface area contributed by atoms with Crippen LogP contribution < -0.4 is 4.72 Å². The summed E-state index contributed by atoms with van der Waals surface area (Å²) < 4.78 is 76.8. The van der Waals surface area contributed by atoms with E-state index in [0.717, 1.165) is 19.1 Å². The zero-order valence-corrected chi connectivity index (χ0v) is 14.4. The Morgan fingerprint density at radius 1 is 1.27 bits per heavy atom. The first-order valence-corrected chi connectivity index (χ1v) is 8.72. The Kier molecular flexibility index (Phi) is 5.15. The van der Waals surface area contributed by atoms with Gasteiger partial charge in [-0.3, -0.25) is 0 Å². The Morgan fingerprint density at radius 2 is 1.85 bits per heavy atom. The molecular weight excluding hydrogens is 379 g/mol. The molecule has 1 atom stereocenters. The monoisotopic (exact) mass is 393 g/mol. The normalized spacial score (nSPS) is 20.9. The molecule has 0 spiro atoms. The van der Waals surface area contributed by atoms with E-state index in [2.05, 4.69) is 9.47 Å². The van der Waals surface area contributed by atoms with Crippen molar-refractivity contribution >= 4 is 22.0 Å². The minimum Gasteiger partial charge on any atom is -0.462 e. The molecule has 2 rings (SSSR count). The van der Waals surface area contributed by atoms with Crippen LogP contribution in [0, 0.1) is 0 Å². The first kappa shape index (κ1) is 19.9. The van der Waals surface area contributed by atoms with Gasteiger partial charge in [0, 0.05) is 0 Å². The molecule has 1 aliphatic rings. The molecule has 0 radical (unpaired) electrons. The lowest BCUT2D eigenvalue weighted by Crippen LogP contribution is -2.64. The number of alkyl halides is 3. The van der Waals surface area contributed by atoms with E-state index in [1.165, 1.54) is 29.8 Å². The van der Waals surface area contributed by atoms with Gasteiger partial charge in [0.05, 0.1) is 11.5 Å². The molecule has 1 heterocycles. The minimum absolute atomic E-state index is 0.289. The summed E-state index contributed by atoms with van der Waals surface area (Å²) >= 11 is 0. The summed E-state index contributed by atoms with van der Waals surface area (Å²) in [7, 11) is -4.84. The average molecular weight is 393 g/mol. The number of halogens is 3. The molecule has 0 amide bonds. The molecule has 7 nitrogen and oxygen atoms in total. The minimum atomic E-state index is -5.51. The zero-order valence-electron chi connectivity index (χ0n) is 13.6. The van der Waals surface area contributed by atoms with E-state index in [1.807, 2.05) is 0 Å². The highest BCUT2D eigenvalue weighted by Crippen LogP contribution is 2.44. The third-order valence-corrected chi connectivity index (χ3v) is 4.99. The number of allylic oxidation sites excluding steroid dienone is 1. The Bertz CT molecular complexity index is 863. The zero-order chi connectivity index (χ0) is 19.8. The number of cyclic esters (lactones) is 1. The largest absolute Gasteiger partial charge is 0.462 e. The third kappa shape index (κ3) is 3.19. The van der Waals surface area contributed by atoms with Crippen molar-refractivity contribution in [1.29, 1.82) is 0 Å². The smallest absolute Gasteiger partial charge is 0.423 e. The van der Waals surface area contributed by atoms with Crippen LogP contribution in [0.25, 0.3) is 0 Å². The molecule has 0 saturated carbocycles. The SMILES string of the molecule is CCOC(=O)C1=C(C)OC(=O)[C@@]1(NS(=O)(=O)c1ccccc1)C(F)(F)F. The topological polar surface area (TPSA) is 98.8 Å². The van der Waals surface area contributed by atoms with Gasteiger partial charge in [0.15, 0.2) is 0 Å². The van der Waals surface area contributed by atoms with Crippen molar-refractivity contribution < 1.29 is 40.7 Å². The number of nitrogens with one attached hydrogen (secondary N) is 1. The molecule has 1 aromatic carbocycles. The van der Waals surface area contributed by atoms with Gasteiger partial charge in [-0.05, 0) is 26.0 Å². The predicted molar refractivity (Wildman–Crippen MR) is 81.0 cm³/mol. The maximum absolute atomic E-state index is 13.9. The second kappa shape index (κ2) is 6.72. The first-order chi connectivity index (χ1) is 12.0. The lowest BCUT2D eigenvalue weighted by molar-refractivity contribution is -0.195. The Hall–Kier alpha value is -2.40. The fourth-order valence-electron chi connectivity index (χ4n) is 2.40. The van der Waals surface area contributed by atoms with E-state index in [9.17, 15) is 31.2 Å². The van der Waals surface area contributed by atoms with Gasteiger partial charge in [-0.15, -0.1) is 0 Å². The maximum Gasteiger partial charge on any atom is 0.423 e. The summed E-state index contributed by atoms with van der Waals surface area (Å²) in [5, 5.41) is 0. The summed E-state index contributed by atoms with van der Waals surface area (Å²) in [6.45, 7) is 1.99. The molecule has 0 bridgehead atoms. The van der Waals surface area contributed by atoms with Gasteiger partial charge in [0.1, 0.15) is 11.3 Å². The fourth-order valence-corrected chi connectivity index (χ4v) is 3.74. The molecule has 0 fully saturated rings. The van der Waals surface area contributed by atoms with Crippen molar-refractivity contribution in [2.75, 3.05) is 6.61 Å². The van der Waals surface area contributed by atoms with Crippen LogP contribution >= 0.6 is 0 Å². The van der Waals surface area contributed by atoms with Gasteiger partial charge in [-0.1, -0.05) is 18.2 Å². The molecule has 0 unspecified atom stereocenters. The second-order valence-electron chi connectivity index (χ2n) is 5.21. The van der Waals surface area contributed by atoms with Crippen LogP contribution in [0.15, 0.2) is 46.6 Å². The number of benzene rings is 1. The quantitative estimate of drug-likeness (QED) is 0.764. The number of carbonyl (C=O) groups is 2. The van der Waals surface area contributed by atoms with E-state index >= 15 is 0 Å². The standard InChI is InChI=1S/C15H14F3NO6S/c1-3-24-12(20)11-9(2)25-13(21)14(11,15(16,17)18)19-26(22,23)10-7-5-4-6-8-10/h4-8,19H,3H2,1-2H3/t14-/m1/s1. The Morgan fingerprint density at radius 3 is 2.35 bits per heavy atom. The van der Waals surface area contributed by atoms with Crippen LogP contribution in [0.3, 0.4) is 0 Å². The molecule has 26 heavy (non-hydrogen) atoms. The first-order valence-electron chi connectivity index (χ1n) is 7.24. The second-order valence-corrected chi connectivity index (χ2v) is 6.89. The van der Waals surface area contributed by atoms with Crippen molar-refractivity contribution in [2.45, 2.75) is 30.5 Å². The van der Waals surface area contributed by atoms with Crippen LogP contribution in [-0.2, 0) is 29.1 Å². The predicted octanol–water partition coefficient (Wildman–Crippen LogP) is 1.66. The van der Waals surface area contributed by atoms with Gasteiger partial charge in [-0.2, -0.15) is 17.9 Å². The van der Waals surface area contributed by atoms with Gasteiger partial charge in [-0.25, -0.2) is 18.0 Å². The van der Waals surface area contributed by atoms with E-state index in [0.29, 0.717) is 0 Å². The highest BCUT2D eigenvalue weighted by atomic mass is 32.2. The van der Waals surface area contributed by atoms with Gasteiger partial charge in [0.2, 0.25) is 10.0 Å². The van der Waals surface area contributed by atoms with Crippen LogP contribution in [0.4, 0.5) is 13.2 Å². The molecule has 11 heteroatoms. The Balaban J connectivity index is 2.66. The van der Waals surface area contributed by atoms with Crippen LogP contribution in [-0.4, -0.2) is 38.7 Å². The summed E-state index contributed by atoms with van der Waals surface area (Å²) in [4.78, 5) is 23.6. The van der Waals surface area contributed by atoms with Gasteiger partial charge < -0.3 is 9.47 Å². The van der Waals surface area contributed by atoms with E-state index in [1.54, 1.807) is 0 Å². The molecule has 0 saturated heterocycles. The number of hydrogen-bond acceptors (Lipinski definition) is 6. The van der Waals surface area contributed by atoms with Gasteiger partial charge >= 0.3 is 18.1 Å². The van der Waals surface area contributed by atoms with E-state index in [4.69, 9.17) is 0 Å². The van der Waals surface area contributed by atoms with E-state index < -0.39 is 49.9 Å². The summed E-state index contributed by atoms with van der Waals surface area (Å²) in [5.74, 6) is -4.18. The summed E-state index contributed by atoms with van der Waals surface area (Å²) in [6.07, 6.45) is -5.51.